The smallest absolute Gasteiger partial charge is 0.220 e. The van der Waals surface area contributed by atoms with Crippen LogP contribution in [-0.4, -0.2) is 12.5 Å². The number of nitrogens with one attached hydrogen (secondary N) is 1. The minimum atomic E-state index is -0.460. The van der Waals surface area contributed by atoms with Crippen molar-refractivity contribution >= 4 is 5.91 Å². The first-order chi connectivity index (χ1) is 8.13. The highest BCUT2D eigenvalue weighted by molar-refractivity contribution is 5.75. The zero-order valence-electron chi connectivity index (χ0n) is 9.93. The first-order valence-electron chi connectivity index (χ1n) is 5.84. The van der Waals surface area contributed by atoms with Crippen LogP contribution in [0.5, 0.6) is 0 Å². The number of benzene rings is 1. The highest BCUT2D eigenvalue weighted by Gasteiger charge is 2.05. The van der Waals surface area contributed by atoms with Crippen molar-refractivity contribution < 1.29 is 13.6 Å². The van der Waals surface area contributed by atoms with Gasteiger partial charge in [0.2, 0.25) is 5.91 Å². The molecule has 0 radical (unpaired) electrons. The molecule has 4 heteroatoms. The summed E-state index contributed by atoms with van der Waals surface area (Å²) in [5.74, 6) is -0.934. The molecule has 1 aromatic carbocycles. The van der Waals surface area contributed by atoms with Gasteiger partial charge in [0.25, 0.3) is 0 Å². The van der Waals surface area contributed by atoms with Gasteiger partial charge in [0.15, 0.2) is 0 Å². The molecule has 1 aromatic rings. The first-order valence-corrected chi connectivity index (χ1v) is 5.84. The Kier molecular flexibility index (Phi) is 5.60. The van der Waals surface area contributed by atoms with Crippen molar-refractivity contribution in [3.8, 4) is 0 Å². The Hall–Kier alpha value is -1.45. The normalized spacial score (nSPS) is 10.3. The lowest BCUT2D eigenvalue weighted by atomic mass is 10.1. The SMILES string of the molecule is CCCCC(=O)NCCc1cc(F)ccc1F. The number of rotatable bonds is 6. The van der Waals surface area contributed by atoms with E-state index in [1.54, 1.807) is 0 Å². The van der Waals surface area contributed by atoms with Crippen LogP contribution in [0.1, 0.15) is 31.7 Å². The average molecular weight is 241 g/mol. The second-order valence-corrected chi connectivity index (χ2v) is 3.94. The third kappa shape index (κ3) is 4.93. The standard InChI is InChI=1S/C13H17F2NO/c1-2-3-4-13(17)16-8-7-10-9-11(14)5-6-12(10)15/h5-6,9H,2-4,7-8H2,1H3,(H,16,17). The van der Waals surface area contributed by atoms with Crippen molar-refractivity contribution in [2.75, 3.05) is 6.54 Å². The van der Waals surface area contributed by atoms with Crippen molar-refractivity contribution in [1.29, 1.82) is 0 Å². The molecule has 1 rings (SSSR count). The van der Waals surface area contributed by atoms with E-state index in [9.17, 15) is 13.6 Å². The molecular weight excluding hydrogens is 224 g/mol. The third-order valence-corrected chi connectivity index (χ3v) is 2.48. The van der Waals surface area contributed by atoms with Crippen molar-refractivity contribution in [3.63, 3.8) is 0 Å². The lowest BCUT2D eigenvalue weighted by Gasteiger charge is -2.06. The van der Waals surface area contributed by atoms with Crippen LogP contribution in [0.15, 0.2) is 18.2 Å². The van der Waals surface area contributed by atoms with Gasteiger partial charge in [-0.05, 0) is 36.6 Å². The molecule has 0 atom stereocenters. The maximum absolute atomic E-state index is 13.2. The molecular formula is C13H17F2NO. The fourth-order valence-corrected chi connectivity index (χ4v) is 1.50. The van der Waals surface area contributed by atoms with Crippen LogP contribution in [0.4, 0.5) is 8.78 Å². The van der Waals surface area contributed by atoms with E-state index in [0.717, 1.165) is 31.0 Å². The Labute approximate surface area is 100 Å². The van der Waals surface area contributed by atoms with Crippen molar-refractivity contribution in [2.24, 2.45) is 0 Å². The fourth-order valence-electron chi connectivity index (χ4n) is 1.50. The van der Waals surface area contributed by atoms with Crippen LogP contribution in [0, 0.1) is 11.6 Å². The summed E-state index contributed by atoms with van der Waals surface area (Å²) in [6.45, 7) is 2.35. The minimum absolute atomic E-state index is 0.0383. The largest absolute Gasteiger partial charge is 0.356 e. The average Bonchev–Trinajstić information content (AvgIpc) is 2.31. The highest BCUT2D eigenvalue weighted by Crippen LogP contribution is 2.09. The van der Waals surface area contributed by atoms with Gasteiger partial charge in [-0.1, -0.05) is 13.3 Å². The molecule has 1 amide bonds. The van der Waals surface area contributed by atoms with E-state index in [4.69, 9.17) is 0 Å². The summed E-state index contributed by atoms with van der Waals surface area (Å²) >= 11 is 0. The Morgan fingerprint density at radius 1 is 1.35 bits per heavy atom. The monoisotopic (exact) mass is 241 g/mol. The number of unbranched alkanes of at least 4 members (excludes halogenated alkanes) is 1. The molecule has 0 unspecified atom stereocenters. The molecule has 2 nitrogen and oxygen atoms in total. The molecule has 17 heavy (non-hydrogen) atoms. The highest BCUT2D eigenvalue weighted by atomic mass is 19.1. The Balaban J connectivity index is 2.35. The van der Waals surface area contributed by atoms with Crippen molar-refractivity contribution in [3.05, 3.63) is 35.4 Å². The fraction of sp³-hybridized carbons (Fsp3) is 0.462. The lowest BCUT2D eigenvalue weighted by Crippen LogP contribution is -2.25. The molecule has 0 saturated carbocycles. The second-order valence-electron chi connectivity index (χ2n) is 3.94. The zero-order valence-corrected chi connectivity index (χ0v) is 9.93. The molecule has 0 saturated heterocycles. The number of halogens is 2. The van der Waals surface area contributed by atoms with Crippen LogP contribution >= 0.6 is 0 Å². The molecule has 0 aliphatic rings. The quantitative estimate of drug-likeness (QED) is 0.815. The third-order valence-electron chi connectivity index (χ3n) is 2.48. The van der Waals surface area contributed by atoms with E-state index in [2.05, 4.69) is 5.32 Å². The van der Waals surface area contributed by atoms with Gasteiger partial charge in [-0.25, -0.2) is 8.78 Å². The van der Waals surface area contributed by atoms with E-state index in [1.807, 2.05) is 6.92 Å². The maximum atomic E-state index is 13.2. The summed E-state index contributed by atoms with van der Waals surface area (Å²) in [4.78, 5) is 11.3. The van der Waals surface area contributed by atoms with Crippen LogP contribution in [0.25, 0.3) is 0 Å². The number of hydrogen-bond acceptors (Lipinski definition) is 1. The van der Waals surface area contributed by atoms with Crippen LogP contribution in [0.2, 0.25) is 0 Å². The number of hydrogen-bond donors (Lipinski definition) is 1. The molecule has 0 aromatic heterocycles. The lowest BCUT2D eigenvalue weighted by molar-refractivity contribution is -0.121. The summed E-state index contributed by atoms with van der Waals surface area (Å²) in [5.41, 5.74) is 0.292. The second kappa shape index (κ2) is 6.99. The summed E-state index contributed by atoms with van der Waals surface area (Å²) < 4.78 is 26.1. The van der Waals surface area contributed by atoms with Crippen LogP contribution in [-0.2, 0) is 11.2 Å². The van der Waals surface area contributed by atoms with Gasteiger partial charge in [0, 0.05) is 13.0 Å². The molecule has 0 fully saturated rings. The van der Waals surface area contributed by atoms with E-state index >= 15 is 0 Å². The summed E-state index contributed by atoms with van der Waals surface area (Å²) in [6, 6.07) is 3.34. The molecule has 94 valence electrons. The number of carbonyl (C=O) groups is 1. The molecule has 1 N–H and O–H groups in total. The Morgan fingerprint density at radius 3 is 2.82 bits per heavy atom. The van der Waals surface area contributed by atoms with Gasteiger partial charge in [0.1, 0.15) is 11.6 Å². The van der Waals surface area contributed by atoms with Gasteiger partial charge < -0.3 is 5.32 Å². The number of carbonyl (C=O) groups excluding carboxylic acids is 1. The van der Waals surface area contributed by atoms with E-state index in [1.165, 1.54) is 0 Å². The zero-order chi connectivity index (χ0) is 12.7. The summed E-state index contributed by atoms with van der Waals surface area (Å²) in [5, 5.41) is 2.68. The van der Waals surface area contributed by atoms with Crippen LogP contribution < -0.4 is 5.32 Å². The number of amides is 1. The predicted molar refractivity (Wildman–Crippen MR) is 62.6 cm³/mol. The van der Waals surface area contributed by atoms with E-state index < -0.39 is 11.6 Å². The van der Waals surface area contributed by atoms with Gasteiger partial charge in [-0.15, -0.1) is 0 Å². The molecule has 0 aliphatic heterocycles. The van der Waals surface area contributed by atoms with Gasteiger partial charge in [-0.3, -0.25) is 4.79 Å². The van der Waals surface area contributed by atoms with Gasteiger partial charge >= 0.3 is 0 Å². The van der Waals surface area contributed by atoms with Crippen LogP contribution in [0.3, 0.4) is 0 Å². The first kappa shape index (κ1) is 13.6. The van der Waals surface area contributed by atoms with Gasteiger partial charge in [0.05, 0.1) is 0 Å². The molecule has 0 aliphatic carbocycles. The molecule has 0 bridgehead atoms. The Morgan fingerprint density at radius 2 is 2.12 bits per heavy atom. The Bertz CT molecular complexity index is 380. The van der Waals surface area contributed by atoms with E-state index in [0.29, 0.717) is 24.9 Å². The van der Waals surface area contributed by atoms with Crippen molar-refractivity contribution in [2.45, 2.75) is 32.6 Å². The van der Waals surface area contributed by atoms with Gasteiger partial charge in [-0.2, -0.15) is 0 Å². The van der Waals surface area contributed by atoms with E-state index in [-0.39, 0.29) is 5.91 Å². The topological polar surface area (TPSA) is 29.1 Å². The minimum Gasteiger partial charge on any atom is -0.356 e. The summed E-state index contributed by atoms with van der Waals surface area (Å²) in [7, 11) is 0. The molecule has 0 heterocycles. The van der Waals surface area contributed by atoms with Crippen molar-refractivity contribution in [1.82, 2.24) is 5.32 Å². The maximum Gasteiger partial charge on any atom is 0.220 e. The molecule has 0 spiro atoms. The predicted octanol–water partition coefficient (Wildman–Crippen LogP) is 2.81. The summed E-state index contributed by atoms with van der Waals surface area (Å²) in [6.07, 6.45) is 2.61.